The van der Waals surface area contributed by atoms with Gasteiger partial charge in [0.15, 0.2) is 0 Å². The molecule has 0 aromatic rings. The topological polar surface area (TPSA) is 40.6 Å². The second-order valence-electron chi connectivity index (χ2n) is 6.58. The maximum atomic E-state index is 12.6. The Labute approximate surface area is 120 Å². The van der Waals surface area contributed by atoms with Gasteiger partial charge in [-0.1, -0.05) is 11.1 Å². The summed E-state index contributed by atoms with van der Waals surface area (Å²) in [4.78, 5) is 28.5. The summed E-state index contributed by atoms with van der Waals surface area (Å²) in [6, 6.07) is 0.474. The van der Waals surface area contributed by atoms with E-state index in [1.54, 1.807) is 4.90 Å². The van der Waals surface area contributed by atoms with Gasteiger partial charge in [0.1, 0.15) is 0 Å². The molecule has 0 spiro atoms. The smallest absolute Gasteiger partial charge is 0.242 e. The fourth-order valence-corrected chi connectivity index (χ4v) is 3.37. The molecule has 0 aromatic carbocycles. The SMILES string of the molecule is CC1=C(C)CC(C(=O)N2CCN(C3CC3)C(=O)C2)CC1. The third-order valence-corrected chi connectivity index (χ3v) is 5.05. The molecule has 1 heterocycles. The molecule has 110 valence electrons. The Morgan fingerprint density at radius 2 is 1.85 bits per heavy atom. The summed E-state index contributed by atoms with van der Waals surface area (Å²) in [6.45, 7) is 6.04. The molecule has 2 amide bonds. The zero-order valence-corrected chi connectivity index (χ0v) is 12.5. The van der Waals surface area contributed by atoms with Crippen molar-refractivity contribution in [1.29, 1.82) is 0 Å². The molecule has 4 nitrogen and oxygen atoms in total. The molecule has 20 heavy (non-hydrogen) atoms. The van der Waals surface area contributed by atoms with E-state index in [1.807, 2.05) is 4.90 Å². The standard InChI is InChI=1S/C16H24N2O2/c1-11-3-4-13(9-12(11)2)16(20)17-7-8-18(14-5-6-14)15(19)10-17/h13-14H,3-10H2,1-2H3. The number of amides is 2. The lowest BCUT2D eigenvalue weighted by Crippen LogP contribution is -2.54. The lowest BCUT2D eigenvalue weighted by molar-refractivity contribution is -0.148. The Morgan fingerprint density at radius 1 is 1.10 bits per heavy atom. The van der Waals surface area contributed by atoms with Crippen LogP contribution >= 0.6 is 0 Å². The summed E-state index contributed by atoms with van der Waals surface area (Å²) in [6.07, 6.45) is 5.14. The molecule has 1 saturated carbocycles. The van der Waals surface area contributed by atoms with Gasteiger partial charge in [0.05, 0.1) is 6.54 Å². The number of nitrogens with zero attached hydrogens (tertiary/aromatic N) is 2. The van der Waals surface area contributed by atoms with Crippen LogP contribution in [0.1, 0.15) is 46.0 Å². The number of carbonyl (C=O) groups excluding carboxylic acids is 2. The van der Waals surface area contributed by atoms with Crippen molar-refractivity contribution in [2.45, 2.75) is 52.0 Å². The largest absolute Gasteiger partial charge is 0.336 e. The number of allylic oxidation sites excluding steroid dienone is 2. The van der Waals surface area contributed by atoms with Gasteiger partial charge in [-0.05, 0) is 46.0 Å². The molecule has 1 unspecified atom stereocenters. The first-order valence-corrected chi connectivity index (χ1v) is 7.79. The third kappa shape index (κ3) is 2.60. The van der Waals surface area contributed by atoms with Crippen molar-refractivity contribution in [3.8, 4) is 0 Å². The van der Waals surface area contributed by atoms with Crippen molar-refractivity contribution in [3.63, 3.8) is 0 Å². The molecule has 0 N–H and O–H groups in total. The summed E-state index contributed by atoms with van der Waals surface area (Å²) in [5, 5.41) is 0. The van der Waals surface area contributed by atoms with E-state index in [9.17, 15) is 9.59 Å². The normalized spacial score (nSPS) is 28.1. The highest BCUT2D eigenvalue weighted by molar-refractivity contribution is 5.87. The molecular formula is C16H24N2O2. The lowest BCUT2D eigenvalue weighted by atomic mass is 9.84. The highest BCUT2D eigenvalue weighted by Crippen LogP contribution is 2.32. The quantitative estimate of drug-likeness (QED) is 0.723. The molecule has 1 aliphatic heterocycles. The van der Waals surface area contributed by atoms with Crippen LogP contribution in [0.5, 0.6) is 0 Å². The molecule has 2 aliphatic carbocycles. The van der Waals surface area contributed by atoms with E-state index in [1.165, 1.54) is 11.1 Å². The van der Waals surface area contributed by atoms with Crippen LogP contribution in [0, 0.1) is 5.92 Å². The summed E-state index contributed by atoms with van der Waals surface area (Å²) in [5.74, 6) is 0.436. The maximum absolute atomic E-state index is 12.6. The van der Waals surface area contributed by atoms with Gasteiger partial charge in [0, 0.05) is 25.0 Å². The number of hydrogen-bond donors (Lipinski definition) is 0. The summed E-state index contributed by atoms with van der Waals surface area (Å²) >= 11 is 0. The van der Waals surface area contributed by atoms with Crippen molar-refractivity contribution >= 4 is 11.8 Å². The molecule has 2 fully saturated rings. The van der Waals surface area contributed by atoms with Gasteiger partial charge >= 0.3 is 0 Å². The Morgan fingerprint density at radius 3 is 2.45 bits per heavy atom. The number of piperazine rings is 1. The van der Waals surface area contributed by atoms with Gasteiger partial charge in [-0.15, -0.1) is 0 Å². The van der Waals surface area contributed by atoms with E-state index in [0.717, 1.165) is 45.2 Å². The Kier molecular flexibility index (Phi) is 3.57. The van der Waals surface area contributed by atoms with Crippen LogP contribution in [0.2, 0.25) is 0 Å². The minimum atomic E-state index is 0.0963. The monoisotopic (exact) mass is 276 g/mol. The van der Waals surface area contributed by atoms with E-state index in [0.29, 0.717) is 12.6 Å². The molecule has 0 aromatic heterocycles. The van der Waals surface area contributed by atoms with Gasteiger partial charge in [0.25, 0.3) is 0 Å². The summed E-state index contributed by atoms with van der Waals surface area (Å²) in [7, 11) is 0. The lowest BCUT2D eigenvalue weighted by Gasteiger charge is -2.37. The van der Waals surface area contributed by atoms with Gasteiger partial charge in [-0.3, -0.25) is 9.59 Å². The van der Waals surface area contributed by atoms with E-state index in [-0.39, 0.29) is 17.7 Å². The van der Waals surface area contributed by atoms with Crippen molar-refractivity contribution in [2.24, 2.45) is 5.92 Å². The average molecular weight is 276 g/mol. The predicted octanol–water partition coefficient (Wildman–Crippen LogP) is 1.96. The number of rotatable bonds is 2. The Balaban J connectivity index is 1.60. The van der Waals surface area contributed by atoms with E-state index < -0.39 is 0 Å². The van der Waals surface area contributed by atoms with Gasteiger partial charge in [-0.2, -0.15) is 0 Å². The van der Waals surface area contributed by atoms with Crippen molar-refractivity contribution < 1.29 is 9.59 Å². The van der Waals surface area contributed by atoms with Gasteiger partial charge in [-0.25, -0.2) is 0 Å². The maximum Gasteiger partial charge on any atom is 0.242 e. The highest BCUT2D eigenvalue weighted by atomic mass is 16.2. The minimum absolute atomic E-state index is 0.0963. The second-order valence-corrected chi connectivity index (χ2v) is 6.58. The summed E-state index contributed by atoms with van der Waals surface area (Å²) in [5.41, 5.74) is 2.79. The van der Waals surface area contributed by atoms with Crippen LogP contribution in [0.15, 0.2) is 11.1 Å². The molecule has 1 saturated heterocycles. The third-order valence-electron chi connectivity index (χ3n) is 5.05. The zero-order chi connectivity index (χ0) is 14.3. The van der Waals surface area contributed by atoms with Gasteiger partial charge in [0.2, 0.25) is 11.8 Å². The van der Waals surface area contributed by atoms with E-state index >= 15 is 0 Å². The molecule has 3 rings (SSSR count). The van der Waals surface area contributed by atoms with Crippen molar-refractivity contribution in [2.75, 3.05) is 19.6 Å². The van der Waals surface area contributed by atoms with Crippen LogP contribution in [-0.2, 0) is 9.59 Å². The summed E-state index contributed by atoms with van der Waals surface area (Å²) < 4.78 is 0. The molecule has 3 aliphatic rings. The average Bonchev–Trinajstić information content (AvgIpc) is 3.25. The molecule has 0 radical (unpaired) electrons. The second kappa shape index (κ2) is 5.23. The van der Waals surface area contributed by atoms with Crippen molar-refractivity contribution in [3.05, 3.63) is 11.1 Å². The fraction of sp³-hybridized carbons (Fsp3) is 0.750. The van der Waals surface area contributed by atoms with E-state index in [4.69, 9.17) is 0 Å². The molecule has 0 bridgehead atoms. The predicted molar refractivity (Wildman–Crippen MR) is 77.0 cm³/mol. The number of hydrogen-bond acceptors (Lipinski definition) is 2. The molecule has 4 heteroatoms. The first-order valence-electron chi connectivity index (χ1n) is 7.79. The van der Waals surface area contributed by atoms with Crippen LogP contribution < -0.4 is 0 Å². The minimum Gasteiger partial charge on any atom is -0.336 e. The van der Waals surface area contributed by atoms with Crippen LogP contribution in [0.4, 0.5) is 0 Å². The van der Waals surface area contributed by atoms with E-state index in [2.05, 4.69) is 13.8 Å². The molecular weight excluding hydrogens is 252 g/mol. The van der Waals surface area contributed by atoms with Gasteiger partial charge < -0.3 is 9.80 Å². The fourth-order valence-electron chi connectivity index (χ4n) is 3.37. The zero-order valence-electron chi connectivity index (χ0n) is 12.5. The Bertz CT molecular complexity index is 465. The van der Waals surface area contributed by atoms with Crippen LogP contribution in [0.25, 0.3) is 0 Å². The van der Waals surface area contributed by atoms with Crippen LogP contribution in [0.3, 0.4) is 0 Å². The highest BCUT2D eigenvalue weighted by Gasteiger charge is 2.38. The number of carbonyl (C=O) groups is 2. The van der Waals surface area contributed by atoms with Crippen LogP contribution in [-0.4, -0.2) is 47.3 Å². The Hall–Kier alpha value is -1.32. The van der Waals surface area contributed by atoms with Crippen molar-refractivity contribution in [1.82, 2.24) is 9.80 Å². The first-order chi connectivity index (χ1) is 9.56. The first kappa shape index (κ1) is 13.7. The molecule has 1 atom stereocenters.